The third kappa shape index (κ3) is 2.64. The van der Waals surface area contributed by atoms with Gasteiger partial charge in [0.1, 0.15) is 0 Å². The van der Waals surface area contributed by atoms with Gasteiger partial charge in [0.25, 0.3) is 5.69 Å². The summed E-state index contributed by atoms with van der Waals surface area (Å²) in [4.78, 5) is 10.3. The van der Waals surface area contributed by atoms with E-state index in [9.17, 15) is 10.1 Å². The van der Waals surface area contributed by atoms with Gasteiger partial charge in [-0.3, -0.25) is 10.1 Å². The third-order valence-electron chi connectivity index (χ3n) is 3.74. The van der Waals surface area contributed by atoms with E-state index in [4.69, 9.17) is 17.3 Å². The lowest BCUT2D eigenvalue weighted by Crippen LogP contribution is -2.07. The number of nitrogens with one attached hydrogen (secondary N) is 1. The Morgan fingerprint density at radius 3 is 2.81 bits per heavy atom. The van der Waals surface area contributed by atoms with E-state index in [0.717, 1.165) is 18.5 Å². The number of nitrogen functional groups attached to an aromatic ring is 1. The topological polar surface area (TPSA) is 81.2 Å². The molecule has 0 radical (unpaired) electrons. The second-order valence-corrected chi connectivity index (χ2v) is 5.52. The first kappa shape index (κ1) is 13.7. The summed E-state index contributed by atoms with van der Waals surface area (Å²) in [6.45, 7) is 0. The van der Waals surface area contributed by atoms with Gasteiger partial charge in [0.2, 0.25) is 0 Å². The van der Waals surface area contributed by atoms with Gasteiger partial charge in [0, 0.05) is 17.8 Å². The molecule has 6 heteroatoms. The van der Waals surface area contributed by atoms with Crippen molar-refractivity contribution in [3.63, 3.8) is 0 Å². The minimum Gasteiger partial charge on any atom is -0.399 e. The van der Waals surface area contributed by atoms with Crippen LogP contribution < -0.4 is 11.1 Å². The summed E-state index contributed by atoms with van der Waals surface area (Å²) in [5.41, 5.74) is 9.70. The summed E-state index contributed by atoms with van der Waals surface area (Å²) in [5, 5.41) is 14.4. The van der Waals surface area contributed by atoms with Crippen LogP contribution in [0.1, 0.15) is 23.6 Å². The van der Waals surface area contributed by atoms with E-state index in [1.807, 2.05) is 18.2 Å². The highest BCUT2D eigenvalue weighted by Gasteiger charge is 2.23. The zero-order chi connectivity index (χ0) is 15.0. The zero-order valence-electron chi connectivity index (χ0n) is 11.2. The van der Waals surface area contributed by atoms with Crippen LogP contribution in [0.25, 0.3) is 0 Å². The Morgan fingerprint density at radius 2 is 2.10 bits per heavy atom. The molecule has 0 aromatic heterocycles. The summed E-state index contributed by atoms with van der Waals surface area (Å²) >= 11 is 6.12. The molecule has 21 heavy (non-hydrogen) atoms. The van der Waals surface area contributed by atoms with Crippen LogP contribution in [-0.2, 0) is 6.42 Å². The first-order chi connectivity index (χ1) is 10.0. The van der Waals surface area contributed by atoms with Crippen molar-refractivity contribution in [1.29, 1.82) is 0 Å². The highest BCUT2D eigenvalue weighted by molar-refractivity contribution is 6.33. The molecule has 0 spiro atoms. The number of nitro groups is 1. The number of nitrogens with zero attached hydrogens (tertiary/aromatic N) is 1. The first-order valence-corrected chi connectivity index (χ1v) is 7.01. The van der Waals surface area contributed by atoms with E-state index >= 15 is 0 Å². The van der Waals surface area contributed by atoms with Gasteiger partial charge in [0.05, 0.1) is 21.7 Å². The van der Waals surface area contributed by atoms with Gasteiger partial charge >= 0.3 is 0 Å². The fourth-order valence-corrected chi connectivity index (χ4v) is 2.94. The van der Waals surface area contributed by atoms with Crippen LogP contribution in [0.5, 0.6) is 0 Å². The first-order valence-electron chi connectivity index (χ1n) is 6.63. The Kier molecular flexibility index (Phi) is 3.43. The smallest absolute Gasteiger partial charge is 0.271 e. The average Bonchev–Trinajstić information content (AvgIpc) is 2.83. The molecule has 0 heterocycles. The standard InChI is InChI=1S/C15H14ClN3O2/c16-13-8-11(19(20)21)3-6-15(13)18-14-5-1-9-7-10(17)2-4-12(9)14/h2-4,6-8,14,18H,1,5,17H2. The van der Waals surface area contributed by atoms with Gasteiger partial charge < -0.3 is 11.1 Å². The summed E-state index contributed by atoms with van der Waals surface area (Å²) < 4.78 is 0. The van der Waals surface area contributed by atoms with Crippen LogP contribution in [0.15, 0.2) is 36.4 Å². The fourth-order valence-electron chi connectivity index (χ4n) is 2.71. The number of hydrogen-bond acceptors (Lipinski definition) is 4. The van der Waals surface area contributed by atoms with E-state index in [2.05, 4.69) is 5.32 Å². The van der Waals surface area contributed by atoms with Gasteiger partial charge in [-0.15, -0.1) is 0 Å². The molecule has 0 saturated carbocycles. The number of fused-ring (bicyclic) bond motifs is 1. The van der Waals surface area contributed by atoms with Crippen molar-refractivity contribution < 1.29 is 4.92 Å². The lowest BCUT2D eigenvalue weighted by molar-refractivity contribution is -0.384. The molecule has 0 fully saturated rings. The number of nitro benzene ring substituents is 1. The molecule has 0 aliphatic heterocycles. The van der Waals surface area contributed by atoms with E-state index in [1.54, 1.807) is 6.07 Å². The van der Waals surface area contributed by atoms with Crippen molar-refractivity contribution in [1.82, 2.24) is 0 Å². The second-order valence-electron chi connectivity index (χ2n) is 5.12. The van der Waals surface area contributed by atoms with Gasteiger partial charge in [-0.05, 0) is 42.2 Å². The van der Waals surface area contributed by atoms with E-state index in [1.165, 1.54) is 23.3 Å². The minimum absolute atomic E-state index is 0.00912. The molecule has 1 unspecified atom stereocenters. The van der Waals surface area contributed by atoms with Crippen LogP contribution in [0, 0.1) is 10.1 Å². The van der Waals surface area contributed by atoms with Gasteiger partial charge in [-0.25, -0.2) is 0 Å². The summed E-state index contributed by atoms with van der Waals surface area (Å²) in [7, 11) is 0. The number of aryl methyl sites for hydroxylation is 1. The Morgan fingerprint density at radius 1 is 1.29 bits per heavy atom. The summed E-state index contributed by atoms with van der Waals surface area (Å²) in [5.74, 6) is 0. The molecule has 2 aromatic carbocycles. The molecule has 5 nitrogen and oxygen atoms in total. The Hall–Kier alpha value is -2.27. The number of hydrogen-bond donors (Lipinski definition) is 2. The lowest BCUT2D eigenvalue weighted by atomic mass is 10.1. The van der Waals surface area contributed by atoms with Crippen molar-refractivity contribution in [3.05, 3.63) is 62.7 Å². The number of anilines is 2. The molecule has 2 aromatic rings. The van der Waals surface area contributed by atoms with Crippen LogP contribution in [0.2, 0.25) is 5.02 Å². The van der Waals surface area contributed by atoms with Gasteiger partial charge in [-0.2, -0.15) is 0 Å². The number of benzene rings is 2. The summed E-state index contributed by atoms with van der Waals surface area (Å²) in [6, 6.07) is 10.5. The molecule has 3 N–H and O–H groups in total. The van der Waals surface area contributed by atoms with Crippen LogP contribution >= 0.6 is 11.6 Å². The largest absolute Gasteiger partial charge is 0.399 e. The molecule has 0 bridgehead atoms. The molecule has 0 amide bonds. The molecular weight excluding hydrogens is 290 g/mol. The Labute approximate surface area is 126 Å². The monoisotopic (exact) mass is 303 g/mol. The molecule has 1 aliphatic carbocycles. The van der Waals surface area contributed by atoms with Crippen LogP contribution in [-0.4, -0.2) is 4.92 Å². The highest BCUT2D eigenvalue weighted by Crippen LogP contribution is 2.37. The number of halogens is 1. The second kappa shape index (κ2) is 5.26. The normalized spacial score (nSPS) is 16.5. The van der Waals surface area contributed by atoms with Crippen molar-refractivity contribution >= 4 is 28.7 Å². The highest BCUT2D eigenvalue weighted by atomic mass is 35.5. The van der Waals surface area contributed by atoms with E-state index in [-0.39, 0.29) is 11.7 Å². The van der Waals surface area contributed by atoms with Gasteiger partial charge in [-0.1, -0.05) is 17.7 Å². The maximum absolute atomic E-state index is 10.7. The summed E-state index contributed by atoms with van der Waals surface area (Å²) in [6.07, 6.45) is 1.91. The van der Waals surface area contributed by atoms with Crippen molar-refractivity contribution in [2.45, 2.75) is 18.9 Å². The zero-order valence-corrected chi connectivity index (χ0v) is 11.9. The maximum atomic E-state index is 10.7. The lowest BCUT2D eigenvalue weighted by Gasteiger charge is -2.16. The Balaban J connectivity index is 1.84. The molecule has 3 rings (SSSR count). The number of non-ortho nitro benzene ring substituents is 1. The van der Waals surface area contributed by atoms with E-state index in [0.29, 0.717) is 10.7 Å². The van der Waals surface area contributed by atoms with Crippen LogP contribution in [0.4, 0.5) is 17.1 Å². The van der Waals surface area contributed by atoms with Gasteiger partial charge in [0.15, 0.2) is 0 Å². The fraction of sp³-hybridized carbons (Fsp3) is 0.200. The molecule has 0 saturated heterocycles. The van der Waals surface area contributed by atoms with Crippen molar-refractivity contribution in [2.24, 2.45) is 0 Å². The predicted molar refractivity (Wildman–Crippen MR) is 83.6 cm³/mol. The van der Waals surface area contributed by atoms with Crippen molar-refractivity contribution in [3.8, 4) is 0 Å². The molecular formula is C15H14ClN3O2. The predicted octanol–water partition coefficient (Wildman–Crippen LogP) is 3.93. The average molecular weight is 304 g/mol. The minimum atomic E-state index is -0.455. The maximum Gasteiger partial charge on any atom is 0.271 e. The third-order valence-corrected chi connectivity index (χ3v) is 4.05. The SMILES string of the molecule is Nc1ccc2c(c1)CCC2Nc1ccc([N+](=O)[O-])cc1Cl. The number of rotatable bonds is 3. The van der Waals surface area contributed by atoms with E-state index < -0.39 is 4.92 Å². The van der Waals surface area contributed by atoms with Crippen LogP contribution in [0.3, 0.4) is 0 Å². The molecule has 108 valence electrons. The quantitative estimate of drug-likeness (QED) is 0.511. The molecule has 1 aliphatic rings. The van der Waals surface area contributed by atoms with Crippen molar-refractivity contribution in [2.75, 3.05) is 11.1 Å². The molecule has 1 atom stereocenters. The number of nitrogens with two attached hydrogens (primary N) is 1. The Bertz CT molecular complexity index is 718.